The van der Waals surface area contributed by atoms with Crippen LogP contribution in [0.3, 0.4) is 0 Å². The van der Waals surface area contributed by atoms with Gasteiger partial charge in [0.05, 0.1) is 22.5 Å². The van der Waals surface area contributed by atoms with E-state index in [0.29, 0.717) is 17.8 Å². The van der Waals surface area contributed by atoms with Crippen LogP contribution in [0.2, 0.25) is 0 Å². The van der Waals surface area contributed by atoms with Crippen LogP contribution in [0.5, 0.6) is 0 Å². The summed E-state index contributed by atoms with van der Waals surface area (Å²) in [4.78, 5) is 21.3. The first kappa shape index (κ1) is 17.7. The van der Waals surface area contributed by atoms with Crippen LogP contribution < -0.4 is 10.6 Å². The molecule has 2 aromatic carbocycles. The summed E-state index contributed by atoms with van der Waals surface area (Å²) in [5.74, 6) is -0.217. The second kappa shape index (κ2) is 7.88. The van der Waals surface area contributed by atoms with E-state index in [1.807, 2.05) is 42.5 Å². The molecule has 0 unspecified atom stereocenters. The summed E-state index contributed by atoms with van der Waals surface area (Å²) in [5.41, 5.74) is 5.16. The first-order valence-electron chi connectivity index (χ1n) is 9.09. The summed E-state index contributed by atoms with van der Waals surface area (Å²) in [6, 6.07) is 19.6. The van der Waals surface area contributed by atoms with E-state index in [-0.39, 0.29) is 5.91 Å². The first-order valence-corrected chi connectivity index (χ1v) is 9.09. The molecule has 0 bridgehead atoms. The van der Waals surface area contributed by atoms with Crippen LogP contribution in [0.1, 0.15) is 21.5 Å². The van der Waals surface area contributed by atoms with Crippen LogP contribution in [-0.4, -0.2) is 15.9 Å². The normalized spacial score (nSPS) is 10.6. The minimum Gasteiger partial charge on any atom is -0.380 e. The summed E-state index contributed by atoms with van der Waals surface area (Å²) >= 11 is 0. The lowest BCUT2D eigenvalue weighted by Gasteiger charge is -2.11. The monoisotopic (exact) mass is 368 g/mol. The highest BCUT2D eigenvalue weighted by Crippen LogP contribution is 2.21. The minimum absolute atomic E-state index is 0.217. The Hall–Kier alpha value is -3.73. The summed E-state index contributed by atoms with van der Waals surface area (Å²) in [7, 11) is 0. The van der Waals surface area contributed by atoms with E-state index in [1.165, 1.54) is 11.1 Å². The molecule has 5 nitrogen and oxygen atoms in total. The number of hydrogen-bond acceptors (Lipinski definition) is 4. The first-order chi connectivity index (χ1) is 13.7. The average Bonchev–Trinajstić information content (AvgIpc) is 2.74. The van der Waals surface area contributed by atoms with Crippen molar-refractivity contribution in [3.8, 4) is 0 Å². The molecule has 0 aliphatic rings. The van der Waals surface area contributed by atoms with Crippen LogP contribution in [0, 0.1) is 6.92 Å². The van der Waals surface area contributed by atoms with Gasteiger partial charge >= 0.3 is 0 Å². The molecule has 0 radical (unpaired) electrons. The summed E-state index contributed by atoms with van der Waals surface area (Å²) in [6.45, 7) is 2.75. The Bertz CT molecular complexity index is 1130. The van der Waals surface area contributed by atoms with E-state index in [0.717, 1.165) is 16.6 Å². The fourth-order valence-electron chi connectivity index (χ4n) is 3.07. The molecule has 4 rings (SSSR count). The van der Waals surface area contributed by atoms with Gasteiger partial charge in [-0.05, 0) is 36.2 Å². The topological polar surface area (TPSA) is 66.9 Å². The summed E-state index contributed by atoms with van der Waals surface area (Å²) in [5, 5.41) is 7.26. The molecule has 0 saturated carbocycles. The van der Waals surface area contributed by atoms with Gasteiger partial charge in [-0.2, -0.15) is 0 Å². The SMILES string of the molecule is Cc1ccccc1CNc1cncc(C(=O)Nc2cccc3cccnc23)c1. The second-order valence-electron chi connectivity index (χ2n) is 6.58. The van der Waals surface area contributed by atoms with Gasteiger partial charge < -0.3 is 10.6 Å². The van der Waals surface area contributed by atoms with Crippen molar-refractivity contribution < 1.29 is 4.79 Å². The lowest BCUT2D eigenvalue weighted by molar-refractivity contribution is 0.102. The van der Waals surface area contributed by atoms with Gasteiger partial charge in [0, 0.05) is 30.5 Å². The quantitative estimate of drug-likeness (QED) is 0.531. The fraction of sp³-hybridized carbons (Fsp3) is 0.0870. The third kappa shape index (κ3) is 3.83. The zero-order chi connectivity index (χ0) is 19.3. The lowest BCUT2D eigenvalue weighted by atomic mass is 10.1. The Morgan fingerprint density at radius 2 is 1.86 bits per heavy atom. The zero-order valence-electron chi connectivity index (χ0n) is 15.5. The van der Waals surface area contributed by atoms with Crippen molar-refractivity contribution in [2.75, 3.05) is 10.6 Å². The highest BCUT2D eigenvalue weighted by atomic mass is 16.1. The molecule has 28 heavy (non-hydrogen) atoms. The van der Waals surface area contributed by atoms with Gasteiger partial charge in [-0.1, -0.05) is 42.5 Å². The Morgan fingerprint density at radius 3 is 2.75 bits per heavy atom. The van der Waals surface area contributed by atoms with Crippen molar-refractivity contribution in [1.82, 2.24) is 9.97 Å². The molecule has 5 heteroatoms. The fourth-order valence-corrected chi connectivity index (χ4v) is 3.07. The molecule has 0 aliphatic carbocycles. The van der Waals surface area contributed by atoms with Crippen LogP contribution in [0.15, 0.2) is 79.3 Å². The molecule has 0 fully saturated rings. The molecule has 4 aromatic rings. The molecular formula is C23H20N4O. The number of amides is 1. The predicted molar refractivity (Wildman–Crippen MR) is 112 cm³/mol. The van der Waals surface area contributed by atoms with Crippen LogP contribution in [0.4, 0.5) is 11.4 Å². The Balaban J connectivity index is 1.50. The lowest BCUT2D eigenvalue weighted by Crippen LogP contribution is -2.13. The van der Waals surface area contributed by atoms with E-state index in [4.69, 9.17) is 0 Å². The molecule has 0 saturated heterocycles. The summed E-state index contributed by atoms with van der Waals surface area (Å²) in [6.07, 6.45) is 5.00. The maximum Gasteiger partial charge on any atom is 0.257 e. The number of hydrogen-bond donors (Lipinski definition) is 2. The van der Waals surface area contributed by atoms with Gasteiger partial charge in [-0.3, -0.25) is 14.8 Å². The Kier molecular flexibility index (Phi) is 4.97. The predicted octanol–water partition coefficient (Wildman–Crippen LogP) is 4.80. The molecule has 2 heterocycles. The van der Waals surface area contributed by atoms with E-state index in [9.17, 15) is 4.79 Å². The highest BCUT2D eigenvalue weighted by molar-refractivity contribution is 6.08. The summed E-state index contributed by atoms with van der Waals surface area (Å²) < 4.78 is 0. The molecule has 0 atom stereocenters. The molecule has 0 spiro atoms. The van der Waals surface area contributed by atoms with Crippen LogP contribution in [0.25, 0.3) is 10.9 Å². The maximum absolute atomic E-state index is 12.7. The number of anilines is 2. The van der Waals surface area contributed by atoms with E-state index < -0.39 is 0 Å². The van der Waals surface area contributed by atoms with E-state index in [2.05, 4.69) is 39.7 Å². The number of aromatic nitrogens is 2. The standard InChI is InChI=1S/C23H20N4O/c1-16-6-2-3-7-18(16)14-26-20-12-19(13-24-15-20)23(28)27-21-10-4-8-17-9-5-11-25-22(17)21/h2-13,15,26H,14H2,1H3,(H,27,28). The van der Waals surface area contributed by atoms with Crippen molar-refractivity contribution in [3.63, 3.8) is 0 Å². The van der Waals surface area contributed by atoms with Gasteiger partial charge in [-0.15, -0.1) is 0 Å². The number of pyridine rings is 2. The van der Waals surface area contributed by atoms with Crippen molar-refractivity contribution in [2.45, 2.75) is 13.5 Å². The van der Waals surface area contributed by atoms with Gasteiger partial charge in [0.25, 0.3) is 5.91 Å². The Morgan fingerprint density at radius 1 is 1.00 bits per heavy atom. The number of rotatable bonds is 5. The smallest absolute Gasteiger partial charge is 0.257 e. The molecular weight excluding hydrogens is 348 g/mol. The average molecular weight is 368 g/mol. The number of nitrogens with zero attached hydrogens (tertiary/aromatic N) is 2. The molecule has 1 amide bonds. The molecule has 138 valence electrons. The zero-order valence-corrected chi connectivity index (χ0v) is 15.5. The second-order valence-corrected chi connectivity index (χ2v) is 6.58. The molecule has 2 aromatic heterocycles. The van der Waals surface area contributed by atoms with Gasteiger partial charge in [0.15, 0.2) is 0 Å². The van der Waals surface area contributed by atoms with Crippen LogP contribution >= 0.6 is 0 Å². The van der Waals surface area contributed by atoms with E-state index in [1.54, 1.807) is 24.7 Å². The van der Waals surface area contributed by atoms with Crippen molar-refractivity contribution in [1.29, 1.82) is 0 Å². The van der Waals surface area contributed by atoms with Gasteiger partial charge in [0.1, 0.15) is 0 Å². The number of benzene rings is 2. The van der Waals surface area contributed by atoms with Crippen molar-refractivity contribution in [2.24, 2.45) is 0 Å². The van der Waals surface area contributed by atoms with Crippen LogP contribution in [-0.2, 0) is 6.54 Å². The molecule has 2 N–H and O–H groups in total. The largest absolute Gasteiger partial charge is 0.380 e. The maximum atomic E-state index is 12.7. The minimum atomic E-state index is -0.217. The number of nitrogens with one attached hydrogen (secondary N) is 2. The highest BCUT2D eigenvalue weighted by Gasteiger charge is 2.10. The number of para-hydroxylation sites is 1. The van der Waals surface area contributed by atoms with E-state index >= 15 is 0 Å². The van der Waals surface area contributed by atoms with Gasteiger partial charge in [-0.25, -0.2) is 0 Å². The third-order valence-corrected chi connectivity index (χ3v) is 4.63. The molecule has 0 aliphatic heterocycles. The number of carbonyl (C=O) groups is 1. The van der Waals surface area contributed by atoms with Crippen molar-refractivity contribution in [3.05, 3.63) is 95.9 Å². The Labute approximate surface area is 163 Å². The number of carbonyl (C=O) groups excluding carboxylic acids is 1. The number of aryl methyl sites for hydroxylation is 1. The number of fused-ring (bicyclic) bond motifs is 1. The van der Waals surface area contributed by atoms with Gasteiger partial charge in [0.2, 0.25) is 0 Å². The third-order valence-electron chi connectivity index (χ3n) is 4.63. The van der Waals surface area contributed by atoms with Crippen molar-refractivity contribution >= 4 is 28.2 Å².